The van der Waals surface area contributed by atoms with Crippen LogP contribution in [0.25, 0.3) is 11.6 Å². The number of hydrogen-bond donors (Lipinski definition) is 2. The number of rotatable bonds is 6. The van der Waals surface area contributed by atoms with Gasteiger partial charge in [-0.25, -0.2) is 4.68 Å². The summed E-state index contributed by atoms with van der Waals surface area (Å²) >= 11 is 1.26. The van der Waals surface area contributed by atoms with Gasteiger partial charge in [0.05, 0.1) is 12.0 Å². The topological polar surface area (TPSA) is 99.0 Å². The van der Waals surface area contributed by atoms with Crippen LogP contribution in [0.5, 0.6) is 0 Å². The van der Waals surface area contributed by atoms with Crippen molar-refractivity contribution in [2.75, 3.05) is 18.1 Å². The number of carbonyl (C=O) groups is 1. The summed E-state index contributed by atoms with van der Waals surface area (Å²) in [4.78, 5) is 11.6. The van der Waals surface area contributed by atoms with Crippen molar-refractivity contribution in [1.29, 1.82) is 0 Å². The molecule has 0 spiro atoms. The minimum Gasteiger partial charge on any atom is -0.461 e. The molecular weight excluding hydrogens is 278 g/mol. The quantitative estimate of drug-likeness (QED) is 0.605. The van der Waals surface area contributed by atoms with Gasteiger partial charge in [-0.3, -0.25) is 4.79 Å². The second-order valence-corrected chi connectivity index (χ2v) is 5.63. The molecule has 2 aromatic heterocycles. The van der Waals surface area contributed by atoms with Crippen LogP contribution in [-0.4, -0.2) is 33.1 Å². The fourth-order valence-electron chi connectivity index (χ4n) is 1.71. The normalized spacial score (nSPS) is 14.4. The number of hydrogen-bond acceptors (Lipinski definition) is 6. The van der Waals surface area contributed by atoms with E-state index in [-0.39, 0.29) is 11.7 Å². The van der Waals surface area contributed by atoms with Gasteiger partial charge in [-0.05, 0) is 30.9 Å². The van der Waals surface area contributed by atoms with Crippen molar-refractivity contribution in [2.45, 2.75) is 18.0 Å². The molecule has 3 N–H and O–H groups in total. The highest BCUT2D eigenvalue weighted by Gasteiger charge is 2.22. The fraction of sp³-hybridized carbons (Fsp3) is 0.417. The summed E-state index contributed by atoms with van der Waals surface area (Å²) in [7, 11) is 0. The Kier molecular flexibility index (Phi) is 3.64. The Morgan fingerprint density at radius 2 is 2.40 bits per heavy atom. The Bertz CT molecular complexity index is 591. The summed E-state index contributed by atoms with van der Waals surface area (Å²) in [5.74, 6) is 7.82. The van der Waals surface area contributed by atoms with E-state index in [1.807, 2.05) is 0 Å². The number of thioether (sulfide) groups is 1. The van der Waals surface area contributed by atoms with Gasteiger partial charge in [-0.1, -0.05) is 11.8 Å². The molecule has 7 nitrogen and oxygen atoms in total. The van der Waals surface area contributed by atoms with Crippen LogP contribution in [0.15, 0.2) is 28.0 Å². The van der Waals surface area contributed by atoms with Crippen molar-refractivity contribution in [3.63, 3.8) is 0 Å². The fourth-order valence-corrected chi connectivity index (χ4v) is 2.40. The number of nitrogens with zero attached hydrogens (tertiary/aromatic N) is 3. The Morgan fingerprint density at radius 3 is 3.10 bits per heavy atom. The molecule has 20 heavy (non-hydrogen) atoms. The molecule has 0 saturated heterocycles. The zero-order valence-corrected chi connectivity index (χ0v) is 11.6. The van der Waals surface area contributed by atoms with Crippen molar-refractivity contribution in [2.24, 2.45) is 5.92 Å². The van der Waals surface area contributed by atoms with Crippen LogP contribution < -0.4 is 11.2 Å². The van der Waals surface area contributed by atoms with E-state index in [0.29, 0.717) is 22.7 Å². The summed E-state index contributed by atoms with van der Waals surface area (Å²) in [6.07, 6.45) is 3.98. The van der Waals surface area contributed by atoms with Gasteiger partial charge in [0.15, 0.2) is 5.76 Å². The molecule has 1 fully saturated rings. The van der Waals surface area contributed by atoms with Crippen molar-refractivity contribution < 1.29 is 9.21 Å². The van der Waals surface area contributed by atoms with Gasteiger partial charge in [0.2, 0.25) is 16.9 Å². The van der Waals surface area contributed by atoms with Crippen molar-refractivity contribution in [3.8, 4) is 11.6 Å². The van der Waals surface area contributed by atoms with Crippen LogP contribution in [0.1, 0.15) is 12.8 Å². The summed E-state index contributed by atoms with van der Waals surface area (Å²) in [5.41, 5.74) is 0. The number of aromatic nitrogens is 3. The SMILES string of the molecule is Nn1c(SCC(=O)NCC2CC2)nnc1-c1ccco1. The van der Waals surface area contributed by atoms with Crippen LogP contribution in [0, 0.1) is 5.92 Å². The first-order valence-electron chi connectivity index (χ1n) is 6.38. The van der Waals surface area contributed by atoms with Crippen molar-refractivity contribution in [3.05, 3.63) is 18.4 Å². The van der Waals surface area contributed by atoms with E-state index in [1.165, 1.54) is 29.3 Å². The summed E-state index contributed by atoms with van der Waals surface area (Å²) in [6.45, 7) is 0.770. The second kappa shape index (κ2) is 5.58. The van der Waals surface area contributed by atoms with Gasteiger partial charge < -0.3 is 15.6 Å². The van der Waals surface area contributed by atoms with E-state index in [9.17, 15) is 4.79 Å². The first-order chi connectivity index (χ1) is 9.74. The first kappa shape index (κ1) is 13.0. The number of amides is 1. The molecule has 0 bridgehead atoms. The summed E-state index contributed by atoms with van der Waals surface area (Å²) < 4.78 is 6.55. The van der Waals surface area contributed by atoms with E-state index in [4.69, 9.17) is 10.3 Å². The lowest BCUT2D eigenvalue weighted by Crippen LogP contribution is -2.27. The maximum Gasteiger partial charge on any atom is 0.230 e. The average molecular weight is 293 g/mol. The zero-order valence-electron chi connectivity index (χ0n) is 10.8. The average Bonchev–Trinajstić information content (AvgIpc) is 2.98. The Labute approximate surface area is 119 Å². The highest BCUT2D eigenvalue weighted by atomic mass is 32.2. The maximum atomic E-state index is 11.6. The van der Waals surface area contributed by atoms with E-state index in [1.54, 1.807) is 18.4 Å². The molecule has 8 heteroatoms. The third-order valence-corrected chi connectivity index (χ3v) is 3.97. The van der Waals surface area contributed by atoms with Gasteiger partial charge in [0.25, 0.3) is 0 Å². The van der Waals surface area contributed by atoms with E-state index in [0.717, 1.165) is 6.54 Å². The van der Waals surface area contributed by atoms with Crippen LogP contribution in [0.2, 0.25) is 0 Å². The minimum absolute atomic E-state index is 0.00977. The van der Waals surface area contributed by atoms with Gasteiger partial charge in [0, 0.05) is 6.54 Å². The van der Waals surface area contributed by atoms with Gasteiger partial charge in [0.1, 0.15) is 0 Å². The van der Waals surface area contributed by atoms with Crippen molar-refractivity contribution >= 4 is 17.7 Å². The molecule has 0 aliphatic heterocycles. The second-order valence-electron chi connectivity index (χ2n) is 4.69. The molecule has 2 aromatic rings. The lowest BCUT2D eigenvalue weighted by molar-refractivity contribution is -0.118. The molecule has 0 aromatic carbocycles. The van der Waals surface area contributed by atoms with E-state index < -0.39 is 0 Å². The molecule has 1 aliphatic rings. The molecule has 2 heterocycles. The molecule has 0 radical (unpaired) electrons. The van der Waals surface area contributed by atoms with Crippen LogP contribution >= 0.6 is 11.8 Å². The molecular formula is C12H15N5O2S. The third kappa shape index (κ3) is 2.96. The number of nitrogens with two attached hydrogens (primary N) is 1. The standard InChI is InChI=1S/C12H15N5O2S/c13-17-11(9-2-1-5-19-9)15-16-12(17)20-7-10(18)14-6-8-3-4-8/h1-2,5,8H,3-4,6-7,13H2,(H,14,18). The Hall–Kier alpha value is -1.96. The number of nitrogen functional groups attached to an aromatic ring is 1. The minimum atomic E-state index is -0.00977. The van der Waals surface area contributed by atoms with E-state index in [2.05, 4.69) is 15.5 Å². The van der Waals surface area contributed by atoms with Crippen LogP contribution in [0.4, 0.5) is 0 Å². The van der Waals surface area contributed by atoms with Gasteiger partial charge in [-0.15, -0.1) is 10.2 Å². The maximum absolute atomic E-state index is 11.6. The molecule has 1 aliphatic carbocycles. The van der Waals surface area contributed by atoms with Crippen molar-refractivity contribution in [1.82, 2.24) is 20.2 Å². The summed E-state index contributed by atoms with van der Waals surface area (Å²) in [5, 5.41) is 11.3. The Morgan fingerprint density at radius 1 is 1.55 bits per heavy atom. The lowest BCUT2D eigenvalue weighted by atomic mass is 10.4. The molecule has 3 rings (SSSR count). The Balaban J connectivity index is 1.56. The lowest BCUT2D eigenvalue weighted by Gasteiger charge is -2.03. The smallest absolute Gasteiger partial charge is 0.230 e. The predicted octanol–water partition coefficient (Wildman–Crippen LogP) is 0.870. The molecule has 0 atom stereocenters. The predicted molar refractivity (Wildman–Crippen MR) is 74.3 cm³/mol. The first-order valence-corrected chi connectivity index (χ1v) is 7.36. The molecule has 1 saturated carbocycles. The molecule has 106 valence electrons. The number of furan rings is 1. The number of nitrogens with one attached hydrogen (secondary N) is 1. The zero-order chi connectivity index (χ0) is 13.9. The monoisotopic (exact) mass is 293 g/mol. The van der Waals surface area contributed by atoms with Gasteiger partial charge >= 0.3 is 0 Å². The molecule has 0 unspecified atom stereocenters. The highest BCUT2D eigenvalue weighted by Crippen LogP contribution is 2.27. The van der Waals surface area contributed by atoms with Crippen LogP contribution in [0.3, 0.4) is 0 Å². The largest absolute Gasteiger partial charge is 0.461 e. The number of carbonyl (C=O) groups excluding carboxylic acids is 1. The van der Waals surface area contributed by atoms with Crippen LogP contribution in [-0.2, 0) is 4.79 Å². The molecule has 1 amide bonds. The van der Waals surface area contributed by atoms with Gasteiger partial charge in [-0.2, -0.15) is 0 Å². The summed E-state index contributed by atoms with van der Waals surface area (Å²) in [6, 6.07) is 3.51. The van der Waals surface area contributed by atoms with E-state index >= 15 is 0 Å². The third-order valence-electron chi connectivity index (χ3n) is 3.02. The highest BCUT2D eigenvalue weighted by molar-refractivity contribution is 7.99.